The SMILES string of the molecule is COC[C@H]1CN(C(=O)[C@]2(F)CN(C3CCC3)C[C@H]2c2ccc(OC)cc2)C[C@@H]1c1ccc(C(F)(F)F)cc1N1CCC(C)(C(=O)O)CC1. The zero-order valence-electron chi connectivity index (χ0n) is 27.8. The molecule has 4 aliphatic rings. The Balaban J connectivity index is 1.31. The summed E-state index contributed by atoms with van der Waals surface area (Å²) in [4.78, 5) is 31.8. The lowest BCUT2D eigenvalue weighted by Gasteiger charge is -2.39. The fourth-order valence-electron chi connectivity index (χ4n) is 8.10. The number of carbonyl (C=O) groups is 2. The number of aliphatic carboxylic acids is 1. The molecule has 8 nitrogen and oxygen atoms in total. The first-order chi connectivity index (χ1) is 22.8. The van der Waals surface area contributed by atoms with Crippen LogP contribution in [0.3, 0.4) is 0 Å². The zero-order chi connectivity index (χ0) is 34.4. The van der Waals surface area contributed by atoms with Crippen LogP contribution in [0.5, 0.6) is 5.75 Å². The lowest BCUT2D eigenvalue weighted by Crippen LogP contribution is -2.50. The predicted octanol–water partition coefficient (Wildman–Crippen LogP) is 5.95. The molecule has 262 valence electrons. The van der Waals surface area contributed by atoms with Crippen molar-refractivity contribution in [3.8, 4) is 5.75 Å². The molecule has 12 heteroatoms. The molecule has 0 radical (unpaired) electrons. The molecule has 1 N–H and O–H groups in total. The van der Waals surface area contributed by atoms with Gasteiger partial charge in [-0.15, -0.1) is 0 Å². The minimum absolute atomic E-state index is 0.00897. The second kappa shape index (κ2) is 13.2. The molecule has 3 aliphatic heterocycles. The Morgan fingerprint density at radius 1 is 1.00 bits per heavy atom. The van der Waals surface area contributed by atoms with Gasteiger partial charge in [0.1, 0.15) is 5.75 Å². The highest BCUT2D eigenvalue weighted by Crippen LogP contribution is 2.47. The number of halogens is 4. The second-order valence-electron chi connectivity index (χ2n) is 14.4. The van der Waals surface area contributed by atoms with Gasteiger partial charge in [0.15, 0.2) is 0 Å². The number of hydrogen-bond donors (Lipinski definition) is 1. The number of methoxy groups -OCH3 is 2. The Morgan fingerprint density at radius 2 is 1.69 bits per heavy atom. The number of carboxylic acid groups (broad SMARTS) is 1. The Hall–Kier alpha value is -3.38. The smallest absolute Gasteiger partial charge is 0.416 e. The van der Waals surface area contributed by atoms with Gasteiger partial charge < -0.3 is 24.4 Å². The van der Waals surface area contributed by atoms with Gasteiger partial charge >= 0.3 is 12.1 Å². The van der Waals surface area contributed by atoms with E-state index < -0.39 is 46.5 Å². The van der Waals surface area contributed by atoms with Crippen molar-refractivity contribution < 1.29 is 41.7 Å². The van der Waals surface area contributed by atoms with Gasteiger partial charge in [0.2, 0.25) is 5.67 Å². The zero-order valence-corrected chi connectivity index (χ0v) is 27.8. The van der Waals surface area contributed by atoms with Crippen LogP contribution in [0.25, 0.3) is 0 Å². The standard InChI is InChI=1S/C36H45F4N3O5/c1-34(33(45)46)13-15-41(16-14-34)31-17-25(36(38,39)40)9-12-28(31)29-19-42(18-24(29)21-47-2)32(44)35(37)22-43(26-5-4-6-26)20-30(35)23-7-10-27(48-3)11-8-23/h7-12,17,24,26,29-30H,4-6,13-16,18-22H2,1-3H3,(H,45,46)/t24-,29+,30+,35+/m1/s1. The molecule has 6 rings (SSSR count). The maximum absolute atomic E-state index is 17.5. The molecular formula is C36H45F4N3O5. The van der Waals surface area contributed by atoms with Gasteiger partial charge in [-0.3, -0.25) is 14.5 Å². The number of rotatable bonds is 9. The highest BCUT2D eigenvalue weighted by atomic mass is 19.4. The molecule has 2 aromatic rings. The van der Waals surface area contributed by atoms with Gasteiger partial charge in [-0.2, -0.15) is 13.2 Å². The summed E-state index contributed by atoms with van der Waals surface area (Å²) in [6, 6.07) is 11.1. The van der Waals surface area contributed by atoms with Crippen molar-refractivity contribution in [2.45, 2.75) is 68.8 Å². The fourth-order valence-corrected chi connectivity index (χ4v) is 8.10. The summed E-state index contributed by atoms with van der Waals surface area (Å²) in [5.74, 6) is -2.26. The summed E-state index contributed by atoms with van der Waals surface area (Å²) in [6.07, 6.45) is -0.989. The summed E-state index contributed by atoms with van der Waals surface area (Å²) in [7, 11) is 3.10. The highest BCUT2D eigenvalue weighted by molar-refractivity contribution is 5.88. The van der Waals surface area contributed by atoms with Gasteiger partial charge in [-0.25, -0.2) is 4.39 Å². The molecule has 1 amide bonds. The van der Waals surface area contributed by atoms with Crippen LogP contribution in [0.4, 0.5) is 23.2 Å². The van der Waals surface area contributed by atoms with Crippen LogP contribution in [0.2, 0.25) is 0 Å². The van der Waals surface area contributed by atoms with Crippen molar-refractivity contribution in [2.75, 3.05) is 65.0 Å². The number of nitrogens with zero attached hydrogens (tertiary/aromatic N) is 3. The van der Waals surface area contributed by atoms with Gasteiger partial charge in [0.05, 0.1) is 24.7 Å². The number of anilines is 1. The Labute approximate surface area is 279 Å². The maximum atomic E-state index is 17.5. The van der Waals surface area contributed by atoms with E-state index in [1.165, 1.54) is 13.2 Å². The van der Waals surface area contributed by atoms with Crippen molar-refractivity contribution >= 4 is 17.6 Å². The van der Waals surface area contributed by atoms with Crippen molar-refractivity contribution in [3.05, 3.63) is 59.2 Å². The molecule has 4 atom stereocenters. The second-order valence-corrected chi connectivity index (χ2v) is 14.4. The molecule has 0 aromatic heterocycles. The van der Waals surface area contributed by atoms with Gasteiger partial charge in [-0.05, 0) is 68.0 Å². The molecule has 4 fully saturated rings. The molecular weight excluding hydrogens is 630 g/mol. The van der Waals surface area contributed by atoms with Gasteiger partial charge in [-0.1, -0.05) is 24.6 Å². The van der Waals surface area contributed by atoms with Crippen LogP contribution < -0.4 is 9.64 Å². The monoisotopic (exact) mass is 675 g/mol. The number of likely N-dealkylation sites (tertiary alicyclic amines) is 2. The van der Waals surface area contributed by atoms with E-state index in [1.54, 1.807) is 31.1 Å². The normalized spacial score (nSPS) is 28.0. The third-order valence-electron chi connectivity index (χ3n) is 11.5. The molecule has 1 saturated carbocycles. The molecule has 3 heterocycles. The molecule has 3 saturated heterocycles. The molecule has 2 aromatic carbocycles. The number of amides is 1. The fraction of sp³-hybridized carbons (Fsp3) is 0.611. The number of piperidine rings is 1. The third-order valence-corrected chi connectivity index (χ3v) is 11.5. The molecule has 0 unspecified atom stereocenters. The highest BCUT2D eigenvalue weighted by Gasteiger charge is 2.58. The van der Waals surface area contributed by atoms with E-state index >= 15 is 4.39 Å². The summed E-state index contributed by atoms with van der Waals surface area (Å²) >= 11 is 0. The first kappa shape index (κ1) is 34.5. The van der Waals surface area contributed by atoms with E-state index in [9.17, 15) is 27.9 Å². The number of alkyl halides is 4. The van der Waals surface area contributed by atoms with Gasteiger partial charge in [0, 0.05) is 75.9 Å². The lowest BCUT2D eigenvalue weighted by atomic mass is 9.79. The number of carboxylic acids is 1. The summed E-state index contributed by atoms with van der Waals surface area (Å²) in [5.41, 5.74) is -2.22. The van der Waals surface area contributed by atoms with Crippen LogP contribution in [-0.4, -0.2) is 98.6 Å². The topological polar surface area (TPSA) is 82.6 Å². The predicted molar refractivity (Wildman–Crippen MR) is 172 cm³/mol. The first-order valence-electron chi connectivity index (χ1n) is 16.8. The summed E-state index contributed by atoms with van der Waals surface area (Å²) < 4.78 is 70.3. The average molecular weight is 676 g/mol. The van der Waals surface area contributed by atoms with Crippen molar-refractivity contribution in [1.29, 1.82) is 0 Å². The molecule has 1 aliphatic carbocycles. The van der Waals surface area contributed by atoms with Crippen molar-refractivity contribution in [2.24, 2.45) is 11.3 Å². The van der Waals surface area contributed by atoms with Crippen molar-refractivity contribution in [1.82, 2.24) is 9.80 Å². The maximum Gasteiger partial charge on any atom is 0.416 e. The Kier molecular flexibility index (Phi) is 9.45. The van der Waals surface area contributed by atoms with Crippen LogP contribution >= 0.6 is 0 Å². The van der Waals surface area contributed by atoms with Crippen molar-refractivity contribution in [3.63, 3.8) is 0 Å². The lowest BCUT2D eigenvalue weighted by molar-refractivity contribution is -0.149. The number of hydrogen-bond acceptors (Lipinski definition) is 6. The Bertz CT molecular complexity index is 1490. The number of carbonyl (C=O) groups excluding carboxylic acids is 1. The largest absolute Gasteiger partial charge is 0.497 e. The minimum atomic E-state index is -4.58. The van der Waals surface area contributed by atoms with Crippen LogP contribution in [0.15, 0.2) is 42.5 Å². The summed E-state index contributed by atoms with van der Waals surface area (Å²) in [6.45, 7) is 3.20. The van der Waals surface area contributed by atoms with E-state index in [0.717, 1.165) is 37.0 Å². The minimum Gasteiger partial charge on any atom is -0.497 e. The van der Waals surface area contributed by atoms with E-state index in [-0.39, 0.29) is 64.1 Å². The molecule has 0 bridgehead atoms. The average Bonchev–Trinajstić information content (AvgIpc) is 3.61. The molecule has 48 heavy (non-hydrogen) atoms. The van der Waals surface area contributed by atoms with E-state index in [2.05, 4.69) is 4.90 Å². The van der Waals surface area contributed by atoms with Crippen LogP contribution in [-0.2, 0) is 20.5 Å². The number of ether oxygens (including phenoxy) is 2. The van der Waals surface area contributed by atoms with E-state index in [1.807, 2.05) is 17.0 Å². The number of benzene rings is 2. The van der Waals surface area contributed by atoms with E-state index in [0.29, 0.717) is 23.5 Å². The first-order valence-corrected chi connectivity index (χ1v) is 16.8. The third kappa shape index (κ3) is 6.37. The van der Waals surface area contributed by atoms with Crippen LogP contribution in [0.1, 0.15) is 67.6 Å². The van der Waals surface area contributed by atoms with E-state index in [4.69, 9.17) is 9.47 Å². The van der Waals surface area contributed by atoms with Crippen LogP contribution in [0, 0.1) is 11.3 Å². The Morgan fingerprint density at radius 3 is 2.25 bits per heavy atom. The molecule has 0 spiro atoms. The van der Waals surface area contributed by atoms with Gasteiger partial charge in [0.25, 0.3) is 5.91 Å². The summed E-state index contributed by atoms with van der Waals surface area (Å²) in [5, 5.41) is 9.74. The quantitative estimate of drug-likeness (QED) is 0.329.